The molecule has 0 aromatic heterocycles. The third-order valence-electron chi connectivity index (χ3n) is 19.2. The van der Waals surface area contributed by atoms with Crippen molar-refractivity contribution in [2.75, 3.05) is 0 Å². The Bertz CT molecular complexity index is 5540. The second-order valence-corrected chi connectivity index (χ2v) is 31.8. The van der Waals surface area contributed by atoms with Gasteiger partial charge in [0.2, 0.25) is 0 Å². The molecule has 0 aliphatic heterocycles. The number of aryl methyl sites for hydroxylation is 7. The summed E-state index contributed by atoms with van der Waals surface area (Å²) in [6.07, 6.45) is 1.27. The minimum absolute atomic E-state index is 0.00941. The highest BCUT2D eigenvalue weighted by molar-refractivity contribution is 14.1. The Morgan fingerprint density at radius 1 is 0.248 bits per heavy atom. The van der Waals surface area contributed by atoms with Crippen LogP contribution < -0.4 is 56.8 Å². The zero-order valence-corrected chi connectivity index (χ0v) is 80.8. The van der Waals surface area contributed by atoms with E-state index in [0.29, 0.717) is 60.3 Å². The van der Waals surface area contributed by atoms with E-state index in [2.05, 4.69) is 38.5 Å². The SMILES string of the molecule is CCC(=O)Oc1cccc(Br)c1COc1cc(F)c(C)cc1F.CCC(=O)Oc1cccc(C)c1COc1cc(F)c(C)cc1F.CCC(=O)Oc1cccc(Cl)c1COc1cc(F)c(C)cc1F.CCC(=O)Oc1cccc(F)c1COc1cc(F)c(C)cc1F.CCC(=O)Oc1cccc(I)c1COc1cc(F)c(C)cc1F.CCC(=O)Oc1ccccc1COc1cc(F)c(C)cc1F. The first kappa shape index (κ1) is 111. The van der Waals surface area contributed by atoms with Crippen molar-refractivity contribution in [2.45, 2.75) is 168 Å². The summed E-state index contributed by atoms with van der Waals surface area (Å²) in [4.78, 5) is 68.6. The monoisotopic (exact) mass is 2110 g/mol. The standard InChI is InChI=1S/C18H18F2O3.C17H15BrF2O3.C17H15ClF2O3.C17H15F3O3.C17H15F2IO3.C17H16F2O3/c1-4-18(21)23-16-7-5-6-11(2)13(16)10-22-17-9-14(19)12(3)8-15(17)20;3*1-3-17(21)23-15-6-4-5-12(18)11(15)9-22-16-8-13(19)10(2)7-14(16)20;1-3-17(21)23-15-6-4-5-14(20)11(15)9-22-16-8-12(18)10(2)7-13(16)19;1-3-17(20)22-15-7-5-4-6-12(15)10-21-16-9-13(18)11(2)8-14(16)19/h5-9H,4,10H2,1-3H3;4*4-8H,3,9H2,1-2H3;4-9H,3,10H2,1-2H3. The number of esters is 6. The Balaban J connectivity index is 0.000000224. The number of hydrogen-bond acceptors (Lipinski definition) is 18. The van der Waals surface area contributed by atoms with Crippen molar-refractivity contribution in [1.82, 2.24) is 0 Å². The maximum absolute atomic E-state index is 13.9. The van der Waals surface area contributed by atoms with Crippen molar-refractivity contribution < 1.29 is 143 Å². The first-order valence-electron chi connectivity index (χ1n) is 42.1. The summed E-state index contributed by atoms with van der Waals surface area (Å²) in [5.41, 5.74) is 4.67. The van der Waals surface area contributed by atoms with Crippen LogP contribution >= 0.6 is 50.1 Å². The zero-order valence-electron chi connectivity index (χ0n) is 76.3. The minimum Gasteiger partial charge on any atom is -0.486 e. The second-order valence-electron chi connectivity index (χ2n) is 29.4. The molecular weight excluding hydrogens is 2010 g/mol. The van der Waals surface area contributed by atoms with Gasteiger partial charge in [-0.25, -0.2) is 57.1 Å². The van der Waals surface area contributed by atoms with Crippen LogP contribution in [0, 0.1) is 128 Å². The van der Waals surface area contributed by atoms with Crippen LogP contribution in [0.5, 0.6) is 69.0 Å². The number of carbonyl (C=O) groups excluding carboxylic acids is 6. The number of benzene rings is 12. The predicted octanol–water partition coefficient (Wildman–Crippen LogP) is 27.5. The number of halogens is 16. The molecule has 18 nitrogen and oxygen atoms in total. The third-order valence-corrected chi connectivity index (χ3v) is 21.3. The molecule has 12 aromatic rings. The van der Waals surface area contributed by atoms with Gasteiger partial charge in [0, 0.05) is 105 Å². The molecule has 137 heavy (non-hydrogen) atoms. The Labute approximate surface area is 809 Å². The fraction of sp³-hybridized carbons (Fsp3) is 0.243. The van der Waals surface area contributed by atoms with Crippen molar-refractivity contribution in [3.05, 3.63) is 349 Å². The third kappa shape index (κ3) is 34.0. The average molecular weight is 2110 g/mol. The summed E-state index contributed by atoms with van der Waals surface area (Å²) >= 11 is 11.5. The normalized spacial score (nSPS) is 10.5. The average Bonchev–Trinajstić information content (AvgIpc) is 0.837. The number of carbonyl (C=O) groups is 6. The van der Waals surface area contributed by atoms with E-state index >= 15 is 0 Å². The molecule has 726 valence electrons. The van der Waals surface area contributed by atoms with Crippen molar-refractivity contribution >= 4 is 85.9 Å². The molecule has 0 saturated carbocycles. The van der Waals surface area contributed by atoms with Gasteiger partial charge >= 0.3 is 35.8 Å². The van der Waals surface area contributed by atoms with E-state index in [1.54, 1.807) is 126 Å². The van der Waals surface area contributed by atoms with Crippen LogP contribution in [-0.4, -0.2) is 35.8 Å². The molecule has 12 rings (SSSR count). The van der Waals surface area contributed by atoms with Gasteiger partial charge < -0.3 is 56.8 Å². The van der Waals surface area contributed by atoms with Gasteiger partial charge in [-0.3, -0.25) is 28.8 Å². The number of ether oxygens (including phenoxy) is 12. The lowest BCUT2D eigenvalue weighted by molar-refractivity contribution is -0.135. The van der Waals surface area contributed by atoms with Crippen molar-refractivity contribution in [2.24, 2.45) is 0 Å². The molecule has 0 spiro atoms. The van der Waals surface area contributed by atoms with Crippen molar-refractivity contribution in [3.8, 4) is 69.0 Å². The van der Waals surface area contributed by atoms with Crippen molar-refractivity contribution in [1.29, 1.82) is 0 Å². The molecule has 12 aromatic carbocycles. The lowest BCUT2D eigenvalue weighted by Crippen LogP contribution is -2.10. The van der Waals surface area contributed by atoms with E-state index in [-0.39, 0.29) is 174 Å². The molecule has 0 unspecified atom stereocenters. The first-order chi connectivity index (χ1) is 65.1. The smallest absolute Gasteiger partial charge is 0.310 e. The highest BCUT2D eigenvalue weighted by atomic mass is 127. The molecule has 0 aliphatic rings. The Hall–Kier alpha value is -13.2. The molecule has 0 atom stereocenters. The number of para-hydroxylation sites is 1. The van der Waals surface area contributed by atoms with Crippen molar-refractivity contribution in [3.63, 3.8) is 0 Å². The van der Waals surface area contributed by atoms with Gasteiger partial charge in [-0.2, -0.15) is 0 Å². The molecule has 0 heterocycles. The van der Waals surface area contributed by atoms with Crippen LogP contribution in [0.25, 0.3) is 0 Å². The van der Waals surface area contributed by atoms with E-state index in [1.165, 1.54) is 53.7 Å². The molecule has 0 bridgehead atoms. The van der Waals surface area contributed by atoms with E-state index in [4.69, 9.17) is 68.4 Å². The Kier molecular flexibility index (Phi) is 44.1. The summed E-state index contributed by atoms with van der Waals surface area (Å²) < 4.78 is 242. The summed E-state index contributed by atoms with van der Waals surface area (Å²) in [7, 11) is 0. The van der Waals surface area contributed by atoms with Crippen LogP contribution in [0.2, 0.25) is 5.02 Å². The molecule has 34 heteroatoms. The van der Waals surface area contributed by atoms with Gasteiger partial charge in [-0.15, -0.1) is 0 Å². The van der Waals surface area contributed by atoms with E-state index < -0.39 is 100 Å². The summed E-state index contributed by atoms with van der Waals surface area (Å²) in [6, 6.07) is 43.2. The quantitative estimate of drug-likeness (QED) is 0.0177. The summed E-state index contributed by atoms with van der Waals surface area (Å²) in [5, 5.41) is 0.305. The number of rotatable bonds is 30. The molecular formula is C103H94BrClF13IO18. The highest BCUT2D eigenvalue weighted by Gasteiger charge is 2.23. The number of hydrogen-bond donors (Lipinski definition) is 0. The lowest BCUT2D eigenvalue weighted by Gasteiger charge is -2.14. The maximum Gasteiger partial charge on any atom is 0.310 e. The maximum atomic E-state index is 13.9. The van der Waals surface area contributed by atoms with Gasteiger partial charge in [0.15, 0.2) is 69.4 Å². The zero-order chi connectivity index (χ0) is 101. The molecule has 0 amide bonds. The van der Waals surface area contributed by atoms with Gasteiger partial charge in [0.25, 0.3) is 0 Å². The first-order valence-corrected chi connectivity index (χ1v) is 44.4. The molecule has 0 aliphatic carbocycles. The van der Waals surface area contributed by atoms with Crippen LogP contribution in [0.15, 0.2) is 193 Å². The van der Waals surface area contributed by atoms with E-state index in [9.17, 15) is 85.8 Å². The Morgan fingerprint density at radius 2 is 0.496 bits per heavy atom. The fourth-order valence-electron chi connectivity index (χ4n) is 11.3. The van der Waals surface area contributed by atoms with Gasteiger partial charge in [0.05, 0.1) is 16.1 Å². The fourth-order valence-corrected chi connectivity index (χ4v) is 12.6. The van der Waals surface area contributed by atoms with Crippen LogP contribution in [0.1, 0.15) is 152 Å². The van der Waals surface area contributed by atoms with Gasteiger partial charge in [-0.05, 0) is 207 Å². The molecule has 0 N–H and O–H groups in total. The molecule has 0 fully saturated rings. The van der Waals surface area contributed by atoms with Gasteiger partial charge in [0.1, 0.15) is 115 Å². The lowest BCUT2D eigenvalue weighted by atomic mass is 10.1. The summed E-state index contributed by atoms with van der Waals surface area (Å²) in [6.45, 7) is 19.9. The van der Waals surface area contributed by atoms with Crippen LogP contribution in [0.4, 0.5) is 57.1 Å². The molecule has 0 radical (unpaired) electrons. The topological polar surface area (TPSA) is 213 Å². The van der Waals surface area contributed by atoms with E-state index in [0.717, 1.165) is 88.0 Å². The van der Waals surface area contributed by atoms with Gasteiger partial charge in [-0.1, -0.05) is 124 Å². The van der Waals surface area contributed by atoms with Crippen LogP contribution in [0.3, 0.4) is 0 Å². The largest absolute Gasteiger partial charge is 0.486 e. The van der Waals surface area contributed by atoms with E-state index in [1.807, 2.05) is 19.1 Å². The van der Waals surface area contributed by atoms with Crippen LogP contribution in [-0.2, 0) is 68.4 Å². The highest BCUT2D eigenvalue weighted by Crippen LogP contribution is 2.37. The molecule has 0 saturated heterocycles. The predicted molar refractivity (Wildman–Crippen MR) is 497 cm³/mol. The summed E-state index contributed by atoms with van der Waals surface area (Å²) in [5.74, 6) is -10.2. The minimum atomic E-state index is -0.757. The Morgan fingerprint density at radius 3 is 0.854 bits per heavy atom. The second kappa shape index (κ2) is 54.6.